The molecule has 0 aliphatic heterocycles. The largest absolute Gasteiger partial charge is 0.457 e. The van der Waals surface area contributed by atoms with E-state index in [1.165, 1.54) is 6.07 Å². The van der Waals surface area contributed by atoms with E-state index in [4.69, 9.17) is 4.74 Å². The maximum absolute atomic E-state index is 13.2. The number of carbonyl (C=O) groups excluding carboxylic acids is 1. The van der Waals surface area contributed by atoms with Gasteiger partial charge in [0.2, 0.25) is 0 Å². The topological polar surface area (TPSA) is 124 Å². The van der Waals surface area contributed by atoms with Crippen LogP contribution in [0.4, 0.5) is 35.0 Å². The number of aryl methyl sites for hydroxylation is 1. The van der Waals surface area contributed by atoms with Crippen molar-refractivity contribution in [1.82, 2.24) is 14.8 Å². The molecule has 0 fully saturated rings. The van der Waals surface area contributed by atoms with E-state index in [2.05, 4.69) is 20.7 Å². The second kappa shape index (κ2) is 9.74. The molecule has 2 aromatic heterocycles. The monoisotopic (exact) mass is 498 g/mol. The van der Waals surface area contributed by atoms with E-state index in [1.54, 1.807) is 60.7 Å². The predicted molar refractivity (Wildman–Crippen MR) is 124 cm³/mol. The van der Waals surface area contributed by atoms with Gasteiger partial charge in [-0.15, -0.1) is 0 Å². The number of nitrogens with zero attached hydrogens (tertiary/aromatic N) is 4. The van der Waals surface area contributed by atoms with Gasteiger partial charge >= 0.3 is 12.2 Å². The lowest BCUT2D eigenvalue weighted by atomic mass is 10.1. The zero-order chi connectivity index (χ0) is 25.9. The molecule has 0 aliphatic carbocycles. The van der Waals surface area contributed by atoms with Crippen molar-refractivity contribution in [2.45, 2.75) is 6.18 Å². The van der Waals surface area contributed by atoms with Crippen molar-refractivity contribution in [1.29, 1.82) is 0 Å². The van der Waals surface area contributed by atoms with Gasteiger partial charge in [0.1, 0.15) is 17.1 Å². The number of anilines is 2. The molecular formula is C23H17F3N6O4. The average molecular weight is 498 g/mol. The molecule has 2 aromatic carbocycles. The summed E-state index contributed by atoms with van der Waals surface area (Å²) in [5, 5.41) is 19.7. The number of nitro groups is 1. The quantitative estimate of drug-likeness (QED) is 0.254. The molecule has 0 aliphatic rings. The summed E-state index contributed by atoms with van der Waals surface area (Å²) in [5.74, 6) is 0.863. The zero-order valence-electron chi connectivity index (χ0n) is 18.5. The Morgan fingerprint density at radius 3 is 2.44 bits per heavy atom. The van der Waals surface area contributed by atoms with Crippen LogP contribution in [0.5, 0.6) is 11.5 Å². The minimum atomic E-state index is -4.97. The number of hydrogen-bond donors (Lipinski definition) is 2. The molecular weight excluding hydrogens is 481 g/mol. The van der Waals surface area contributed by atoms with E-state index in [0.717, 1.165) is 11.6 Å². The van der Waals surface area contributed by atoms with Gasteiger partial charge in [0, 0.05) is 54.6 Å². The first-order valence-corrected chi connectivity index (χ1v) is 10.2. The molecule has 2 heterocycles. The maximum Gasteiger partial charge on any atom is 0.423 e. The van der Waals surface area contributed by atoms with Gasteiger partial charge < -0.3 is 15.4 Å². The predicted octanol–water partition coefficient (Wildman–Crippen LogP) is 5.85. The molecule has 2 N–H and O–H groups in total. The molecule has 0 unspecified atom stereocenters. The molecule has 4 rings (SSSR count). The number of pyridine rings is 1. The van der Waals surface area contributed by atoms with Crippen LogP contribution in [-0.4, -0.2) is 25.7 Å². The molecule has 0 saturated heterocycles. The Bertz CT molecular complexity index is 1440. The molecule has 4 aromatic rings. The fourth-order valence-corrected chi connectivity index (χ4v) is 3.25. The van der Waals surface area contributed by atoms with Crippen molar-refractivity contribution in [2.24, 2.45) is 7.05 Å². The van der Waals surface area contributed by atoms with E-state index in [9.17, 15) is 28.1 Å². The molecule has 0 bridgehead atoms. The number of rotatable bonds is 6. The van der Waals surface area contributed by atoms with Gasteiger partial charge in [0.05, 0.1) is 16.8 Å². The minimum Gasteiger partial charge on any atom is -0.457 e. The van der Waals surface area contributed by atoms with Crippen molar-refractivity contribution >= 4 is 23.1 Å². The summed E-state index contributed by atoms with van der Waals surface area (Å²) in [5.41, 5.74) is -1.10. The molecule has 0 saturated carbocycles. The zero-order valence-corrected chi connectivity index (χ0v) is 18.5. The highest BCUT2D eigenvalue weighted by Crippen LogP contribution is 2.37. The average Bonchev–Trinajstić information content (AvgIpc) is 3.25. The van der Waals surface area contributed by atoms with Crippen LogP contribution in [0.2, 0.25) is 0 Å². The van der Waals surface area contributed by atoms with Crippen LogP contribution in [0.1, 0.15) is 5.56 Å². The van der Waals surface area contributed by atoms with Crippen LogP contribution in [0.25, 0.3) is 11.3 Å². The van der Waals surface area contributed by atoms with Crippen LogP contribution in [-0.2, 0) is 13.2 Å². The lowest BCUT2D eigenvalue weighted by Gasteiger charge is -2.12. The van der Waals surface area contributed by atoms with E-state index in [-0.39, 0.29) is 5.69 Å². The smallest absolute Gasteiger partial charge is 0.423 e. The summed E-state index contributed by atoms with van der Waals surface area (Å²) in [6.45, 7) is 0. The standard InChI is InChI=1S/C23H17F3N6O4/c1-31-13-14(12-28-31)20-11-18(7-8-27-20)36-17-4-2-3-15(9-17)29-22(33)30-16-5-6-21(32(34)35)19(10-16)23(24,25)26/h2-13H,1H3,(H2,29,30,33). The number of hydrogen-bond acceptors (Lipinski definition) is 6. The summed E-state index contributed by atoms with van der Waals surface area (Å²) < 4.78 is 47.0. The van der Waals surface area contributed by atoms with E-state index in [0.29, 0.717) is 35.0 Å². The van der Waals surface area contributed by atoms with Gasteiger partial charge in [-0.25, -0.2) is 4.79 Å². The van der Waals surface area contributed by atoms with Crippen LogP contribution >= 0.6 is 0 Å². The van der Waals surface area contributed by atoms with Gasteiger partial charge in [-0.2, -0.15) is 18.3 Å². The second-order valence-corrected chi connectivity index (χ2v) is 7.48. The molecule has 36 heavy (non-hydrogen) atoms. The summed E-state index contributed by atoms with van der Waals surface area (Å²) in [6.07, 6.45) is 0.0778. The molecule has 0 spiro atoms. The molecule has 13 heteroatoms. The Hall–Kier alpha value is -4.94. The Labute approximate surface area is 201 Å². The van der Waals surface area contributed by atoms with Crippen LogP contribution in [0.15, 0.2) is 73.2 Å². The van der Waals surface area contributed by atoms with Crippen LogP contribution < -0.4 is 15.4 Å². The second-order valence-electron chi connectivity index (χ2n) is 7.48. The lowest BCUT2D eigenvalue weighted by molar-refractivity contribution is -0.388. The number of nitro benzene ring substituents is 1. The lowest BCUT2D eigenvalue weighted by Crippen LogP contribution is -2.20. The molecule has 184 valence electrons. The minimum absolute atomic E-state index is 0.266. The number of benzene rings is 2. The third kappa shape index (κ3) is 5.75. The van der Waals surface area contributed by atoms with Crippen molar-refractivity contribution in [2.75, 3.05) is 10.6 Å². The summed E-state index contributed by atoms with van der Waals surface area (Å²) in [4.78, 5) is 26.4. The summed E-state index contributed by atoms with van der Waals surface area (Å²) in [7, 11) is 1.79. The highest BCUT2D eigenvalue weighted by molar-refractivity contribution is 6.00. The van der Waals surface area contributed by atoms with E-state index in [1.807, 2.05) is 0 Å². The Morgan fingerprint density at radius 1 is 1.06 bits per heavy atom. The molecule has 0 atom stereocenters. The number of aromatic nitrogens is 3. The van der Waals surface area contributed by atoms with E-state index >= 15 is 0 Å². The third-order valence-corrected chi connectivity index (χ3v) is 4.82. The van der Waals surface area contributed by atoms with E-state index < -0.39 is 28.4 Å². The highest BCUT2D eigenvalue weighted by atomic mass is 19.4. The summed E-state index contributed by atoms with van der Waals surface area (Å²) >= 11 is 0. The molecule has 2 amide bonds. The van der Waals surface area contributed by atoms with Gasteiger partial charge in [-0.1, -0.05) is 6.07 Å². The van der Waals surface area contributed by atoms with Gasteiger partial charge in [0.25, 0.3) is 5.69 Å². The van der Waals surface area contributed by atoms with Crippen LogP contribution in [0.3, 0.4) is 0 Å². The first kappa shape index (κ1) is 24.2. The van der Waals surface area contributed by atoms with Gasteiger partial charge in [-0.3, -0.25) is 19.8 Å². The van der Waals surface area contributed by atoms with Gasteiger partial charge in [0.15, 0.2) is 0 Å². The number of alkyl halides is 3. The number of ether oxygens (including phenoxy) is 1. The molecule has 10 nitrogen and oxygen atoms in total. The van der Waals surface area contributed by atoms with Crippen molar-refractivity contribution in [3.05, 3.63) is 88.9 Å². The number of halogens is 3. The fourth-order valence-electron chi connectivity index (χ4n) is 3.25. The Balaban J connectivity index is 1.45. The van der Waals surface area contributed by atoms with Crippen LogP contribution in [0, 0.1) is 10.1 Å². The summed E-state index contributed by atoms with van der Waals surface area (Å²) in [6, 6.07) is 11.0. The number of amides is 2. The SMILES string of the molecule is Cn1cc(-c2cc(Oc3cccc(NC(=O)Nc4ccc([N+](=O)[O-])c(C(F)(F)F)c4)c3)ccn2)cn1. The van der Waals surface area contributed by atoms with Crippen molar-refractivity contribution in [3.8, 4) is 22.8 Å². The number of urea groups is 1. The van der Waals surface area contributed by atoms with Gasteiger partial charge in [-0.05, 0) is 30.3 Å². The fraction of sp³-hybridized carbons (Fsp3) is 0.0870. The normalized spacial score (nSPS) is 11.1. The molecule has 0 radical (unpaired) electrons. The Morgan fingerprint density at radius 2 is 1.78 bits per heavy atom. The first-order valence-electron chi connectivity index (χ1n) is 10.2. The third-order valence-electron chi connectivity index (χ3n) is 4.82. The number of nitrogens with one attached hydrogen (secondary N) is 2. The highest BCUT2D eigenvalue weighted by Gasteiger charge is 2.38. The van der Waals surface area contributed by atoms with Crippen molar-refractivity contribution in [3.63, 3.8) is 0 Å². The number of carbonyl (C=O) groups is 1. The maximum atomic E-state index is 13.2. The first-order chi connectivity index (χ1) is 17.1. The Kier molecular flexibility index (Phi) is 6.54. The van der Waals surface area contributed by atoms with Crippen molar-refractivity contribution < 1.29 is 27.6 Å².